The van der Waals surface area contributed by atoms with E-state index >= 15 is 0 Å². The molecule has 9 heteroatoms. The van der Waals surface area contributed by atoms with Crippen LogP contribution < -0.4 is 0 Å². The number of likely N-dealkylation sites (tertiary alicyclic amines) is 1. The maximum atomic E-state index is 13.2. The van der Waals surface area contributed by atoms with Crippen LogP contribution in [0.2, 0.25) is 5.02 Å². The van der Waals surface area contributed by atoms with E-state index in [0.29, 0.717) is 42.3 Å². The van der Waals surface area contributed by atoms with Gasteiger partial charge >= 0.3 is 0 Å². The first-order valence-electron chi connectivity index (χ1n) is 10.8. The van der Waals surface area contributed by atoms with Gasteiger partial charge in [-0.1, -0.05) is 17.7 Å². The second-order valence-corrected chi connectivity index (χ2v) is 8.74. The largest absolute Gasteiger partial charge is 0.412 e. The lowest BCUT2D eigenvalue weighted by atomic mass is 9.92. The van der Waals surface area contributed by atoms with Crippen LogP contribution in [0.25, 0.3) is 22.5 Å². The third kappa shape index (κ3) is 3.91. The van der Waals surface area contributed by atoms with Gasteiger partial charge in [-0.2, -0.15) is 0 Å². The number of hydrogen-bond acceptors (Lipinski definition) is 6. The van der Waals surface area contributed by atoms with Gasteiger partial charge in [-0.05, 0) is 55.7 Å². The summed E-state index contributed by atoms with van der Waals surface area (Å²) in [5.41, 5.74) is 3.01. The minimum atomic E-state index is -0.265. The lowest BCUT2D eigenvalue weighted by Crippen LogP contribution is -2.41. The first kappa shape index (κ1) is 21.3. The number of ketones is 1. The van der Waals surface area contributed by atoms with E-state index in [1.54, 1.807) is 11.1 Å². The zero-order valence-electron chi connectivity index (χ0n) is 18.3. The Labute approximate surface area is 195 Å². The van der Waals surface area contributed by atoms with Gasteiger partial charge in [0.2, 0.25) is 5.78 Å². The number of benzene rings is 1. The van der Waals surface area contributed by atoms with Crippen molar-refractivity contribution in [2.75, 3.05) is 13.1 Å². The van der Waals surface area contributed by atoms with Crippen LogP contribution in [0.5, 0.6) is 0 Å². The fourth-order valence-electron chi connectivity index (χ4n) is 4.33. The van der Waals surface area contributed by atoms with Crippen molar-refractivity contribution in [3.8, 4) is 11.6 Å². The van der Waals surface area contributed by atoms with Crippen molar-refractivity contribution in [2.45, 2.75) is 19.8 Å². The lowest BCUT2D eigenvalue weighted by Gasteiger charge is -2.30. The molecule has 0 spiro atoms. The highest BCUT2D eigenvalue weighted by Gasteiger charge is 2.32. The number of Topliss-reactive ketones (excluding diaryl/α,β-unsaturated/α-hetero) is 1. The molecule has 33 heavy (non-hydrogen) atoms. The molecule has 0 bridgehead atoms. The fourth-order valence-corrected chi connectivity index (χ4v) is 4.52. The molecule has 1 aliphatic heterocycles. The number of rotatable bonds is 4. The van der Waals surface area contributed by atoms with Crippen LogP contribution in [-0.4, -0.2) is 49.4 Å². The second kappa shape index (κ2) is 8.44. The Morgan fingerprint density at radius 1 is 1.12 bits per heavy atom. The van der Waals surface area contributed by atoms with Crippen LogP contribution in [0.15, 0.2) is 47.0 Å². The summed E-state index contributed by atoms with van der Waals surface area (Å²) < 4.78 is 7.52. The molecule has 0 radical (unpaired) electrons. The van der Waals surface area contributed by atoms with Gasteiger partial charge in [0.15, 0.2) is 0 Å². The molecule has 1 saturated heterocycles. The third-order valence-corrected chi connectivity index (χ3v) is 6.46. The third-order valence-electron chi connectivity index (χ3n) is 6.22. The molecule has 1 aromatic carbocycles. The Morgan fingerprint density at radius 3 is 2.67 bits per heavy atom. The Kier molecular flexibility index (Phi) is 5.46. The molecule has 0 atom stereocenters. The van der Waals surface area contributed by atoms with Crippen LogP contribution in [0.1, 0.15) is 39.6 Å². The van der Waals surface area contributed by atoms with E-state index in [2.05, 4.69) is 15.2 Å². The maximum absolute atomic E-state index is 13.2. The van der Waals surface area contributed by atoms with Gasteiger partial charge in [0.1, 0.15) is 11.4 Å². The van der Waals surface area contributed by atoms with E-state index in [0.717, 1.165) is 16.5 Å². The van der Waals surface area contributed by atoms with Crippen molar-refractivity contribution in [1.29, 1.82) is 0 Å². The number of aromatic nitrogens is 4. The van der Waals surface area contributed by atoms with E-state index in [9.17, 15) is 9.59 Å². The first-order chi connectivity index (χ1) is 15.9. The summed E-state index contributed by atoms with van der Waals surface area (Å²) in [4.78, 5) is 32.1. The summed E-state index contributed by atoms with van der Waals surface area (Å²) >= 11 is 6.09. The highest BCUT2D eigenvalue weighted by Crippen LogP contribution is 2.27. The van der Waals surface area contributed by atoms with Gasteiger partial charge in [0.25, 0.3) is 17.7 Å². The van der Waals surface area contributed by atoms with Crippen molar-refractivity contribution in [3.63, 3.8) is 0 Å². The monoisotopic (exact) mass is 463 g/mol. The number of carbonyl (C=O) groups excluding carboxylic acids is 2. The average molecular weight is 464 g/mol. The normalized spacial score (nSPS) is 14.7. The minimum absolute atomic E-state index is 0.00890. The Hall–Kier alpha value is -3.52. The summed E-state index contributed by atoms with van der Waals surface area (Å²) in [5.74, 6) is -0.279. The number of fused-ring (bicyclic) bond motifs is 1. The number of carbonyl (C=O) groups is 2. The van der Waals surface area contributed by atoms with Crippen molar-refractivity contribution >= 4 is 34.2 Å². The molecular formula is C24H22ClN5O3. The Bertz CT molecular complexity index is 1370. The zero-order chi connectivity index (χ0) is 23.1. The van der Waals surface area contributed by atoms with E-state index in [1.807, 2.05) is 54.9 Å². The molecule has 4 aromatic rings. The molecule has 0 aliphatic carbocycles. The van der Waals surface area contributed by atoms with Crippen molar-refractivity contribution in [2.24, 2.45) is 13.0 Å². The quantitative estimate of drug-likeness (QED) is 0.418. The molecule has 0 N–H and O–H groups in total. The molecule has 3 aromatic heterocycles. The maximum Gasteiger partial charge on any atom is 0.284 e. The zero-order valence-corrected chi connectivity index (χ0v) is 19.0. The van der Waals surface area contributed by atoms with Crippen molar-refractivity contribution < 1.29 is 14.0 Å². The molecule has 1 amide bonds. The van der Waals surface area contributed by atoms with Gasteiger partial charge in [-0.15, -0.1) is 10.2 Å². The molecule has 8 nitrogen and oxygen atoms in total. The molecule has 5 rings (SSSR count). The van der Waals surface area contributed by atoms with Crippen molar-refractivity contribution in [1.82, 2.24) is 24.6 Å². The highest BCUT2D eigenvalue weighted by atomic mass is 35.5. The number of amides is 1. The molecule has 1 fully saturated rings. The van der Waals surface area contributed by atoms with E-state index in [-0.39, 0.29) is 29.4 Å². The van der Waals surface area contributed by atoms with Gasteiger partial charge in [-0.25, -0.2) is 0 Å². The molecule has 0 saturated carbocycles. The van der Waals surface area contributed by atoms with Gasteiger partial charge in [-0.3, -0.25) is 14.6 Å². The smallest absolute Gasteiger partial charge is 0.284 e. The predicted octanol–water partition coefficient (Wildman–Crippen LogP) is 4.32. The van der Waals surface area contributed by atoms with Crippen LogP contribution in [0, 0.1) is 12.8 Å². The molecular weight excluding hydrogens is 442 g/mol. The van der Waals surface area contributed by atoms with Gasteiger partial charge in [0.05, 0.1) is 0 Å². The second-order valence-electron chi connectivity index (χ2n) is 8.30. The predicted molar refractivity (Wildman–Crippen MR) is 123 cm³/mol. The summed E-state index contributed by atoms with van der Waals surface area (Å²) in [6, 6.07) is 11.1. The Morgan fingerprint density at radius 2 is 1.91 bits per heavy atom. The van der Waals surface area contributed by atoms with E-state index < -0.39 is 0 Å². The summed E-state index contributed by atoms with van der Waals surface area (Å²) in [5, 5.41) is 9.52. The summed E-state index contributed by atoms with van der Waals surface area (Å²) in [7, 11) is 1.87. The Balaban J connectivity index is 1.27. The molecule has 4 heterocycles. The van der Waals surface area contributed by atoms with Gasteiger partial charge < -0.3 is 13.9 Å². The number of aryl methyl sites for hydroxylation is 2. The van der Waals surface area contributed by atoms with E-state index in [4.69, 9.17) is 16.0 Å². The molecule has 168 valence electrons. The first-order valence-corrected chi connectivity index (χ1v) is 11.1. The molecule has 0 unspecified atom stereocenters. The van der Waals surface area contributed by atoms with Crippen LogP contribution in [0.3, 0.4) is 0 Å². The van der Waals surface area contributed by atoms with Crippen LogP contribution >= 0.6 is 11.6 Å². The molecule has 1 aliphatic rings. The number of pyridine rings is 1. The fraction of sp³-hybridized carbons (Fsp3) is 0.292. The number of nitrogens with zero attached hydrogens (tertiary/aromatic N) is 5. The number of halogens is 1. The van der Waals surface area contributed by atoms with Gasteiger partial charge in [0, 0.05) is 48.2 Å². The highest BCUT2D eigenvalue weighted by molar-refractivity contribution is 6.31. The number of hydrogen-bond donors (Lipinski definition) is 0. The average Bonchev–Trinajstić information content (AvgIpc) is 3.43. The SMILES string of the molecule is Cc1cccnc1-c1nnc(C(=O)C2CCN(C(=O)c3cc4cc(Cl)ccc4n3C)CC2)o1. The standard InChI is InChI=1S/C24H22ClN5O3/c1-14-4-3-9-26-20(14)22-27-28-23(33-22)21(31)15-7-10-30(11-8-15)24(32)19-13-16-12-17(25)5-6-18(16)29(19)2/h3-6,9,12-13,15H,7-8,10-11H2,1-2H3. The van der Waals surface area contributed by atoms with Crippen LogP contribution in [0.4, 0.5) is 0 Å². The summed E-state index contributed by atoms with van der Waals surface area (Å²) in [6.45, 7) is 2.86. The van der Waals surface area contributed by atoms with Crippen LogP contribution in [-0.2, 0) is 7.05 Å². The van der Waals surface area contributed by atoms with E-state index in [1.165, 1.54) is 0 Å². The number of piperidine rings is 1. The van der Waals surface area contributed by atoms with Crippen molar-refractivity contribution in [3.05, 3.63) is 64.8 Å². The minimum Gasteiger partial charge on any atom is -0.412 e. The topological polar surface area (TPSA) is 94.1 Å². The summed E-state index contributed by atoms with van der Waals surface area (Å²) in [6.07, 6.45) is 2.73. The lowest BCUT2D eigenvalue weighted by molar-refractivity contribution is 0.0634.